The Bertz CT molecular complexity index is 281. The zero-order valence-corrected chi connectivity index (χ0v) is 9.25. The molecule has 1 atom stereocenters. The molecule has 1 unspecified atom stereocenters. The Morgan fingerprint density at radius 2 is 2.33 bits per heavy atom. The summed E-state index contributed by atoms with van der Waals surface area (Å²) < 4.78 is 11.2. The summed E-state index contributed by atoms with van der Waals surface area (Å²) in [4.78, 5) is 11.7. The van der Waals surface area contributed by atoms with Crippen molar-refractivity contribution in [3.63, 3.8) is 0 Å². The Hall–Kier alpha value is -0.830. The van der Waals surface area contributed by atoms with Crippen LogP contribution in [-0.2, 0) is 14.3 Å². The molecule has 0 aromatic carbocycles. The van der Waals surface area contributed by atoms with E-state index in [1.165, 1.54) is 0 Å². The van der Waals surface area contributed by atoms with Crippen LogP contribution in [0, 0.1) is 0 Å². The van der Waals surface area contributed by atoms with Crippen molar-refractivity contribution < 1.29 is 14.3 Å². The Kier molecular flexibility index (Phi) is 3.41. The molecule has 0 N–H and O–H groups in total. The molecule has 0 fully saturated rings. The van der Waals surface area contributed by atoms with E-state index in [0.717, 1.165) is 43.4 Å². The van der Waals surface area contributed by atoms with Gasteiger partial charge >= 0.3 is 0 Å². The van der Waals surface area contributed by atoms with Gasteiger partial charge in [-0.05, 0) is 19.3 Å². The van der Waals surface area contributed by atoms with Gasteiger partial charge in [-0.15, -0.1) is 0 Å². The van der Waals surface area contributed by atoms with E-state index in [0.29, 0.717) is 13.0 Å². The Morgan fingerprint density at radius 1 is 1.47 bits per heavy atom. The van der Waals surface area contributed by atoms with Crippen molar-refractivity contribution in [3.8, 4) is 0 Å². The Labute approximate surface area is 90.4 Å². The van der Waals surface area contributed by atoms with Crippen LogP contribution in [0.3, 0.4) is 0 Å². The van der Waals surface area contributed by atoms with Gasteiger partial charge in [0.1, 0.15) is 5.76 Å². The summed E-state index contributed by atoms with van der Waals surface area (Å²) in [6.07, 6.45) is 5.08. The number of ether oxygens (including phenoxy) is 2. The predicted octanol–water partition coefficient (Wildman–Crippen LogP) is 2.56. The summed E-state index contributed by atoms with van der Waals surface area (Å²) in [7, 11) is 0. The molecular weight excluding hydrogens is 192 g/mol. The van der Waals surface area contributed by atoms with Crippen molar-refractivity contribution in [1.29, 1.82) is 0 Å². The van der Waals surface area contributed by atoms with E-state index in [9.17, 15) is 4.79 Å². The van der Waals surface area contributed by atoms with Crippen LogP contribution in [0.2, 0.25) is 0 Å². The molecule has 1 aliphatic heterocycles. The molecule has 84 valence electrons. The van der Waals surface area contributed by atoms with Crippen LogP contribution in [0.1, 0.15) is 45.4 Å². The minimum atomic E-state index is -0.319. The van der Waals surface area contributed by atoms with Gasteiger partial charge in [-0.3, -0.25) is 4.79 Å². The number of hydrogen-bond acceptors (Lipinski definition) is 3. The maximum atomic E-state index is 11.7. The number of Topliss-reactive ketones (excluding diaryl/α,β-unsaturated/α-hetero) is 1. The topological polar surface area (TPSA) is 35.5 Å². The van der Waals surface area contributed by atoms with Crippen LogP contribution in [-0.4, -0.2) is 18.7 Å². The zero-order valence-electron chi connectivity index (χ0n) is 9.25. The van der Waals surface area contributed by atoms with Crippen LogP contribution >= 0.6 is 0 Å². The fourth-order valence-electron chi connectivity index (χ4n) is 2.07. The molecule has 1 aliphatic carbocycles. The largest absolute Gasteiger partial charge is 0.468 e. The molecule has 0 aromatic rings. The van der Waals surface area contributed by atoms with Gasteiger partial charge in [0, 0.05) is 12.0 Å². The minimum Gasteiger partial charge on any atom is -0.468 e. The van der Waals surface area contributed by atoms with Crippen molar-refractivity contribution in [2.24, 2.45) is 0 Å². The van der Waals surface area contributed by atoms with Crippen molar-refractivity contribution in [1.82, 2.24) is 0 Å². The smallest absolute Gasteiger partial charge is 0.206 e. The number of allylic oxidation sites excluding steroid dienone is 2. The monoisotopic (exact) mass is 210 g/mol. The van der Waals surface area contributed by atoms with Gasteiger partial charge in [0.2, 0.25) is 6.29 Å². The van der Waals surface area contributed by atoms with Crippen molar-refractivity contribution in [2.45, 2.75) is 51.7 Å². The van der Waals surface area contributed by atoms with Crippen LogP contribution in [0.15, 0.2) is 11.3 Å². The molecule has 0 saturated carbocycles. The van der Waals surface area contributed by atoms with Gasteiger partial charge in [0.05, 0.1) is 13.0 Å². The molecule has 15 heavy (non-hydrogen) atoms. The highest BCUT2D eigenvalue weighted by molar-refractivity contribution is 5.97. The second-order valence-corrected chi connectivity index (χ2v) is 4.15. The number of hydrogen-bond donors (Lipinski definition) is 0. The van der Waals surface area contributed by atoms with Crippen molar-refractivity contribution in [3.05, 3.63) is 11.3 Å². The highest BCUT2D eigenvalue weighted by atomic mass is 16.7. The molecular formula is C12H18O3. The zero-order chi connectivity index (χ0) is 10.7. The first-order chi connectivity index (χ1) is 7.31. The molecule has 2 aliphatic rings. The van der Waals surface area contributed by atoms with Crippen LogP contribution < -0.4 is 0 Å². The van der Waals surface area contributed by atoms with E-state index in [2.05, 4.69) is 6.92 Å². The minimum absolute atomic E-state index is 0.232. The van der Waals surface area contributed by atoms with Gasteiger partial charge < -0.3 is 9.47 Å². The molecule has 3 heteroatoms. The number of unbranched alkanes of at least 4 members (excludes halogenated alkanes) is 1. The molecule has 3 nitrogen and oxygen atoms in total. The molecule has 2 rings (SSSR count). The van der Waals surface area contributed by atoms with Gasteiger partial charge in [0.15, 0.2) is 5.78 Å². The van der Waals surface area contributed by atoms with Crippen molar-refractivity contribution in [2.75, 3.05) is 6.61 Å². The van der Waals surface area contributed by atoms with E-state index >= 15 is 0 Å². The fourth-order valence-corrected chi connectivity index (χ4v) is 2.07. The first-order valence-electron chi connectivity index (χ1n) is 5.84. The second kappa shape index (κ2) is 4.79. The third kappa shape index (κ3) is 2.40. The standard InChI is InChI=1S/C12H18O3/c1-2-3-7-14-12-8-10(13)9-5-4-6-11(9)15-12/h12H,2-8H2,1H3. The number of ketones is 1. The Balaban J connectivity index is 1.88. The van der Waals surface area contributed by atoms with Gasteiger partial charge in [-0.25, -0.2) is 0 Å². The molecule has 0 bridgehead atoms. The highest BCUT2D eigenvalue weighted by Crippen LogP contribution is 2.33. The van der Waals surface area contributed by atoms with Crippen LogP contribution in [0.25, 0.3) is 0 Å². The summed E-state index contributed by atoms with van der Waals surface area (Å²) in [5.41, 5.74) is 0.922. The molecule has 0 amide bonds. The lowest BCUT2D eigenvalue weighted by atomic mass is 10.1. The maximum Gasteiger partial charge on any atom is 0.206 e. The molecule has 0 spiro atoms. The maximum absolute atomic E-state index is 11.7. The van der Waals surface area contributed by atoms with Gasteiger partial charge in [0.25, 0.3) is 0 Å². The third-order valence-corrected chi connectivity index (χ3v) is 2.93. The molecule has 1 heterocycles. The molecule has 0 saturated heterocycles. The summed E-state index contributed by atoms with van der Waals surface area (Å²) >= 11 is 0. The third-order valence-electron chi connectivity index (χ3n) is 2.93. The predicted molar refractivity (Wildman–Crippen MR) is 56.2 cm³/mol. The first kappa shape index (κ1) is 10.7. The molecule has 0 radical (unpaired) electrons. The first-order valence-corrected chi connectivity index (χ1v) is 5.84. The fraction of sp³-hybridized carbons (Fsp3) is 0.750. The van der Waals surface area contributed by atoms with Gasteiger partial charge in [-0.1, -0.05) is 13.3 Å². The van der Waals surface area contributed by atoms with Crippen molar-refractivity contribution >= 4 is 5.78 Å². The average Bonchev–Trinajstić information content (AvgIpc) is 2.66. The lowest BCUT2D eigenvalue weighted by molar-refractivity contribution is -0.147. The van der Waals surface area contributed by atoms with Crippen LogP contribution in [0.5, 0.6) is 0 Å². The number of rotatable bonds is 4. The second-order valence-electron chi connectivity index (χ2n) is 4.15. The summed E-state index contributed by atoms with van der Waals surface area (Å²) in [6, 6.07) is 0. The SMILES string of the molecule is CCCCOC1CC(=O)C2=C(CCC2)O1. The average molecular weight is 210 g/mol. The lowest BCUT2D eigenvalue weighted by Gasteiger charge is -2.24. The normalized spacial score (nSPS) is 25.4. The van der Waals surface area contributed by atoms with E-state index in [1.54, 1.807) is 0 Å². The van der Waals surface area contributed by atoms with E-state index in [1.807, 2.05) is 0 Å². The van der Waals surface area contributed by atoms with Crippen LogP contribution in [0.4, 0.5) is 0 Å². The molecule has 0 aromatic heterocycles. The summed E-state index contributed by atoms with van der Waals surface area (Å²) in [5.74, 6) is 1.13. The number of carbonyl (C=O) groups is 1. The van der Waals surface area contributed by atoms with E-state index in [4.69, 9.17) is 9.47 Å². The van der Waals surface area contributed by atoms with E-state index in [-0.39, 0.29) is 12.1 Å². The quantitative estimate of drug-likeness (QED) is 0.669. The summed E-state index contributed by atoms with van der Waals surface area (Å²) in [6.45, 7) is 2.81. The lowest BCUT2D eigenvalue weighted by Crippen LogP contribution is -2.27. The Morgan fingerprint density at radius 3 is 3.13 bits per heavy atom. The summed E-state index contributed by atoms with van der Waals surface area (Å²) in [5, 5.41) is 0. The highest BCUT2D eigenvalue weighted by Gasteiger charge is 2.31. The van der Waals surface area contributed by atoms with Gasteiger partial charge in [-0.2, -0.15) is 0 Å². The van der Waals surface area contributed by atoms with E-state index < -0.39 is 0 Å². The number of carbonyl (C=O) groups excluding carboxylic acids is 1.